The summed E-state index contributed by atoms with van der Waals surface area (Å²) in [6, 6.07) is 13.6. The number of nitrogens with zero attached hydrogens (tertiary/aromatic N) is 2. The molecule has 2 aromatic rings. The van der Waals surface area contributed by atoms with Gasteiger partial charge < -0.3 is 24.4 Å². The normalized spacial score (nSPS) is 17.6. The van der Waals surface area contributed by atoms with Crippen molar-refractivity contribution in [3.8, 4) is 11.5 Å². The molecule has 1 aliphatic heterocycles. The van der Waals surface area contributed by atoms with E-state index in [0.717, 1.165) is 12.1 Å². The Morgan fingerprint density at radius 1 is 1.09 bits per heavy atom. The number of ether oxygens (including phenoxy) is 2. The minimum absolute atomic E-state index is 0.0384. The van der Waals surface area contributed by atoms with Gasteiger partial charge in [0, 0.05) is 12.1 Å². The van der Waals surface area contributed by atoms with Gasteiger partial charge in [-0.25, -0.2) is 0 Å². The topological polar surface area (TPSA) is 79.3 Å². The van der Waals surface area contributed by atoms with Crippen LogP contribution < -0.4 is 9.47 Å². The second-order valence-electron chi connectivity index (χ2n) is 8.85. The van der Waals surface area contributed by atoms with Gasteiger partial charge in [-0.1, -0.05) is 24.3 Å². The maximum absolute atomic E-state index is 13.2. The van der Waals surface area contributed by atoms with Crippen molar-refractivity contribution in [2.24, 2.45) is 0 Å². The number of Topliss-reactive ketones (excluding diaryl/α,β-unsaturated/α-hetero) is 1. The molecular weight excluding hydrogens is 432 g/mol. The van der Waals surface area contributed by atoms with Crippen LogP contribution in [-0.2, 0) is 9.59 Å². The molecule has 182 valence electrons. The molecule has 2 aromatic carbocycles. The lowest BCUT2D eigenvalue weighted by Gasteiger charge is -2.26. The Morgan fingerprint density at radius 2 is 1.79 bits per heavy atom. The first-order valence-electron chi connectivity index (χ1n) is 11.7. The van der Waals surface area contributed by atoms with E-state index in [1.165, 1.54) is 0 Å². The summed E-state index contributed by atoms with van der Waals surface area (Å²) in [5.41, 5.74) is 1.25. The van der Waals surface area contributed by atoms with Gasteiger partial charge >= 0.3 is 0 Å². The van der Waals surface area contributed by atoms with E-state index in [4.69, 9.17) is 9.47 Å². The zero-order valence-corrected chi connectivity index (χ0v) is 20.6. The van der Waals surface area contributed by atoms with Crippen LogP contribution in [0.5, 0.6) is 11.5 Å². The van der Waals surface area contributed by atoms with Gasteiger partial charge in [-0.2, -0.15) is 0 Å². The van der Waals surface area contributed by atoms with Gasteiger partial charge in [0.15, 0.2) is 0 Å². The molecule has 0 aromatic heterocycles. The largest absolute Gasteiger partial charge is 0.507 e. The first-order valence-corrected chi connectivity index (χ1v) is 11.7. The summed E-state index contributed by atoms with van der Waals surface area (Å²) in [5, 5.41) is 11.3. The predicted octanol–water partition coefficient (Wildman–Crippen LogP) is 4.25. The molecule has 34 heavy (non-hydrogen) atoms. The first-order chi connectivity index (χ1) is 16.2. The fourth-order valence-electron chi connectivity index (χ4n) is 4.07. The number of aliphatic hydroxyl groups is 1. The average Bonchev–Trinajstić information content (AvgIpc) is 3.04. The predicted molar refractivity (Wildman–Crippen MR) is 132 cm³/mol. The number of hydrogen-bond donors (Lipinski definition) is 1. The van der Waals surface area contributed by atoms with E-state index in [9.17, 15) is 14.7 Å². The second-order valence-corrected chi connectivity index (χ2v) is 8.85. The molecule has 7 heteroatoms. The Balaban J connectivity index is 2.06. The van der Waals surface area contributed by atoms with Gasteiger partial charge in [-0.15, -0.1) is 0 Å². The van der Waals surface area contributed by atoms with Crippen molar-refractivity contribution in [2.75, 3.05) is 33.8 Å². The van der Waals surface area contributed by atoms with E-state index in [2.05, 4.69) is 0 Å². The highest BCUT2D eigenvalue weighted by Crippen LogP contribution is 2.40. The molecule has 7 nitrogen and oxygen atoms in total. The van der Waals surface area contributed by atoms with Crippen LogP contribution in [0, 0.1) is 0 Å². The standard InChI is InChI=1S/C27H34N2O5/c1-6-33-21-13-11-19(12-14-21)24-23(26(31)27(32)29(24)16-8-15-28(4)5)25(30)20-9-7-10-22(17-20)34-18(2)3/h7,9-14,17-18,24,30H,6,8,15-16H2,1-5H3/b25-23-. The van der Waals surface area contributed by atoms with Crippen LogP contribution in [0.2, 0.25) is 0 Å². The first kappa shape index (κ1) is 25.3. The molecule has 1 aliphatic rings. The highest BCUT2D eigenvalue weighted by Gasteiger charge is 2.45. The van der Waals surface area contributed by atoms with Gasteiger partial charge in [0.05, 0.1) is 24.3 Å². The highest BCUT2D eigenvalue weighted by molar-refractivity contribution is 6.46. The van der Waals surface area contributed by atoms with Crippen molar-refractivity contribution < 1.29 is 24.2 Å². The lowest BCUT2D eigenvalue weighted by Crippen LogP contribution is -2.32. The van der Waals surface area contributed by atoms with Gasteiger partial charge in [0.25, 0.3) is 11.7 Å². The number of benzene rings is 2. The maximum Gasteiger partial charge on any atom is 0.295 e. The van der Waals surface area contributed by atoms with Gasteiger partial charge in [0.2, 0.25) is 0 Å². The Morgan fingerprint density at radius 3 is 2.41 bits per heavy atom. The van der Waals surface area contributed by atoms with E-state index < -0.39 is 17.7 Å². The van der Waals surface area contributed by atoms with Crippen LogP contribution in [0.25, 0.3) is 5.76 Å². The molecule has 1 amide bonds. The molecule has 0 spiro atoms. The number of amides is 1. The highest BCUT2D eigenvalue weighted by atomic mass is 16.5. The minimum Gasteiger partial charge on any atom is -0.507 e. The van der Waals surface area contributed by atoms with E-state index in [-0.39, 0.29) is 17.4 Å². The molecule has 1 saturated heterocycles. The molecular formula is C27H34N2O5. The third-order valence-electron chi connectivity index (χ3n) is 5.53. The summed E-state index contributed by atoms with van der Waals surface area (Å²) in [4.78, 5) is 29.8. The summed E-state index contributed by atoms with van der Waals surface area (Å²) in [5.74, 6) is -0.210. The van der Waals surface area contributed by atoms with Crippen LogP contribution in [-0.4, -0.2) is 66.5 Å². The number of rotatable bonds is 10. The van der Waals surface area contributed by atoms with E-state index in [1.807, 2.05) is 64.0 Å². The van der Waals surface area contributed by atoms with E-state index in [1.54, 1.807) is 29.2 Å². The summed E-state index contributed by atoms with van der Waals surface area (Å²) < 4.78 is 11.3. The van der Waals surface area contributed by atoms with Crippen LogP contribution in [0.4, 0.5) is 0 Å². The summed E-state index contributed by atoms with van der Waals surface area (Å²) in [6.45, 7) is 7.44. The van der Waals surface area contributed by atoms with Crippen molar-refractivity contribution in [1.29, 1.82) is 0 Å². The number of hydrogen-bond acceptors (Lipinski definition) is 6. The number of likely N-dealkylation sites (tertiary alicyclic amines) is 1. The number of carbonyl (C=O) groups excluding carboxylic acids is 2. The zero-order chi connectivity index (χ0) is 24.8. The second kappa shape index (κ2) is 11.2. The molecule has 0 bridgehead atoms. The molecule has 1 atom stereocenters. The third kappa shape index (κ3) is 5.78. The quantitative estimate of drug-likeness (QED) is 0.320. The van der Waals surface area contributed by atoms with Crippen molar-refractivity contribution in [3.05, 3.63) is 65.2 Å². The summed E-state index contributed by atoms with van der Waals surface area (Å²) in [6.07, 6.45) is 0.661. The SMILES string of the molecule is CCOc1ccc(C2/C(=C(/O)c3cccc(OC(C)C)c3)C(=O)C(=O)N2CCCN(C)C)cc1. The minimum atomic E-state index is -0.687. The average molecular weight is 467 g/mol. The van der Waals surface area contributed by atoms with Crippen molar-refractivity contribution >= 4 is 17.4 Å². The number of ketones is 1. The molecule has 1 N–H and O–H groups in total. The monoisotopic (exact) mass is 466 g/mol. The zero-order valence-electron chi connectivity index (χ0n) is 20.6. The summed E-state index contributed by atoms with van der Waals surface area (Å²) >= 11 is 0. The Hall–Kier alpha value is -3.32. The van der Waals surface area contributed by atoms with Gasteiger partial charge in [-0.3, -0.25) is 9.59 Å². The van der Waals surface area contributed by atoms with Crippen molar-refractivity contribution in [3.63, 3.8) is 0 Å². The molecule has 1 fully saturated rings. The van der Waals surface area contributed by atoms with Crippen LogP contribution >= 0.6 is 0 Å². The van der Waals surface area contributed by atoms with Gasteiger partial charge in [-0.05, 0) is 77.7 Å². The Labute approximate surface area is 201 Å². The fraction of sp³-hybridized carbons (Fsp3) is 0.407. The number of carbonyl (C=O) groups is 2. The maximum atomic E-state index is 13.2. The molecule has 0 aliphatic carbocycles. The molecule has 3 rings (SSSR count). The van der Waals surface area contributed by atoms with E-state index >= 15 is 0 Å². The Kier molecular flexibility index (Phi) is 8.34. The number of aliphatic hydroxyl groups excluding tert-OH is 1. The molecule has 0 saturated carbocycles. The van der Waals surface area contributed by atoms with Crippen LogP contribution in [0.1, 0.15) is 44.4 Å². The molecule has 1 unspecified atom stereocenters. The van der Waals surface area contributed by atoms with Crippen molar-refractivity contribution in [2.45, 2.75) is 39.3 Å². The van der Waals surface area contributed by atoms with Crippen LogP contribution in [0.3, 0.4) is 0 Å². The smallest absolute Gasteiger partial charge is 0.295 e. The lowest BCUT2D eigenvalue weighted by atomic mass is 9.95. The Bertz CT molecular complexity index is 1040. The van der Waals surface area contributed by atoms with Gasteiger partial charge in [0.1, 0.15) is 17.3 Å². The van der Waals surface area contributed by atoms with Crippen LogP contribution in [0.15, 0.2) is 54.1 Å². The third-order valence-corrected chi connectivity index (χ3v) is 5.53. The lowest BCUT2D eigenvalue weighted by molar-refractivity contribution is -0.139. The fourth-order valence-corrected chi connectivity index (χ4v) is 4.07. The molecule has 1 heterocycles. The summed E-state index contributed by atoms with van der Waals surface area (Å²) in [7, 11) is 3.93. The molecule has 0 radical (unpaired) electrons. The van der Waals surface area contributed by atoms with Crippen molar-refractivity contribution in [1.82, 2.24) is 9.80 Å². The van der Waals surface area contributed by atoms with E-state index in [0.29, 0.717) is 36.6 Å².